The quantitative estimate of drug-likeness (QED) is 0.660. The Kier molecular flexibility index (Phi) is 7.80. The van der Waals surface area contributed by atoms with Crippen molar-refractivity contribution in [2.75, 3.05) is 31.3 Å². The van der Waals surface area contributed by atoms with Crippen molar-refractivity contribution in [3.8, 4) is 0 Å². The van der Waals surface area contributed by atoms with Gasteiger partial charge in [0, 0.05) is 18.1 Å². The molecule has 1 rings (SSSR count). The average molecular weight is 289 g/mol. The van der Waals surface area contributed by atoms with Crippen LogP contribution in [0.2, 0.25) is 0 Å². The molecule has 0 aromatic carbocycles. The number of hydrogen-bond donors (Lipinski definition) is 1. The number of esters is 1. The first-order chi connectivity index (χ1) is 9.12. The van der Waals surface area contributed by atoms with Gasteiger partial charge in [-0.1, -0.05) is 6.92 Å². The Hall–Kier alpha value is -0.260. The van der Waals surface area contributed by atoms with Crippen molar-refractivity contribution in [3.63, 3.8) is 0 Å². The highest BCUT2D eigenvalue weighted by molar-refractivity contribution is 7.99. The zero-order valence-corrected chi connectivity index (χ0v) is 13.2. The lowest BCUT2D eigenvalue weighted by atomic mass is 10.1. The van der Waals surface area contributed by atoms with E-state index in [2.05, 4.69) is 12.2 Å². The third kappa shape index (κ3) is 5.71. The Morgan fingerprint density at radius 1 is 1.53 bits per heavy atom. The van der Waals surface area contributed by atoms with E-state index in [0.717, 1.165) is 43.9 Å². The van der Waals surface area contributed by atoms with Crippen LogP contribution in [0.25, 0.3) is 0 Å². The molecular weight excluding hydrogens is 262 g/mol. The summed E-state index contributed by atoms with van der Waals surface area (Å²) < 4.78 is 10.8. The first-order valence-corrected chi connectivity index (χ1v) is 8.39. The molecule has 112 valence electrons. The van der Waals surface area contributed by atoms with Crippen LogP contribution in [-0.4, -0.2) is 48.9 Å². The maximum Gasteiger partial charge on any atom is 0.326 e. The maximum atomic E-state index is 12.1. The fourth-order valence-corrected chi connectivity index (χ4v) is 3.32. The van der Waals surface area contributed by atoms with Crippen molar-refractivity contribution in [2.24, 2.45) is 0 Å². The molecule has 19 heavy (non-hydrogen) atoms. The van der Waals surface area contributed by atoms with Gasteiger partial charge in [0.2, 0.25) is 0 Å². The Bertz CT molecular complexity index is 269. The van der Waals surface area contributed by atoms with Gasteiger partial charge in [0.05, 0.1) is 12.7 Å². The first kappa shape index (κ1) is 16.8. The minimum atomic E-state index is -0.588. The van der Waals surface area contributed by atoms with Crippen LogP contribution in [0.4, 0.5) is 0 Å². The lowest BCUT2D eigenvalue weighted by Crippen LogP contribution is -2.53. The summed E-state index contributed by atoms with van der Waals surface area (Å²) in [6.45, 7) is 8.02. The van der Waals surface area contributed by atoms with Crippen LogP contribution >= 0.6 is 11.8 Å². The first-order valence-electron chi connectivity index (χ1n) is 7.24. The molecule has 2 unspecified atom stereocenters. The highest BCUT2D eigenvalue weighted by atomic mass is 32.2. The molecule has 0 radical (unpaired) electrons. The predicted molar refractivity (Wildman–Crippen MR) is 79.6 cm³/mol. The monoisotopic (exact) mass is 289 g/mol. The lowest BCUT2D eigenvalue weighted by molar-refractivity contribution is -0.149. The number of ether oxygens (including phenoxy) is 2. The number of thioether (sulfide) groups is 1. The van der Waals surface area contributed by atoms with Gasteiger partial charge in [-0.15, -0.1) is 0 Å². The molecule has 4 nitrogen and oxygen atoms in total. The van der Waals surface area contributed by atoms with Gasteiger partial charge in [0.25, 0.3) is 0 Å². The van der Waals surface area contributed by atoms with E-state index in [-0.39, 0.29) is 5.97 Å². The van der Waals surface area contributed by atoms with E-state index >= 15 is 0 Å². The van der Waals surface area contributed by atoms with Crippen LogP contribution in [-0.2, 0) is 14.3 Å². The van der Waals surface area contributed by atoms with Gasteiger partial charge in [-0.05, 0) is 39.7 Å². The molecule has 2 atom stereocenters. The van der Waals surface area contributed by atoms with E-state index < -0.39 is 5.54 Å². The summed E-state index contributed by atoms with van der Waals surface area (Å²) in [7, 11) is 0. The van der Waals surface area contributed by atoms with Gasteiger partial charge >= 0.3 is 5.97 Å². The van der Waals surface area contributed by atoms with Crippen LogP contribution in [0, 0.1) is 0 Å². The van der Waals surface area contributed by atoms with Crippen molar-refractivity contribution < 1.29 is 14.3 Å². The smallest absolute Gasteiger partial charge is 0.326 e. The summed E-state index contributed by atoms with van der Waals surface area (Å²) in [6.07, 6.45) is 3.67. The summed E-state index contributed by atoms with van der Waals surface area (Å²) >= 11 is 1.77. The van der Waals surface area contributed by atoms with Gasteiger partial charge in [0.15, 0.2) is 0 Å². The molecule has 0 amide bonds. The second-order valence-electron chi connectivity index (χ2n) is 5.13. The van der Waals surface area contributed by atoms with Gasteiger partial charge in [-0.2, -0.15) is 11.8 Å². The van der Waals surface area contributed by atoms with Crippen LogP contribution in [0.1, 0.15) is 40.0 Å². The minimum Gasteiger partial charge on any atom is -0.465 e. The second kappa shape index (κ2) is 8.82. The molecular formula is C14H27NO3S. The van der Waals surface area contributed by atoms with Crippen molar-refractivity contribution in [3.05, 3.63) is 0 Å². The number of nitrogens with one attached hydrogen (secondary N) is 1. The SMILES string of the molecule is CCCNC(C)(CSCC1CCCO1)C(=O)OCC. The highest BCUT2D eigenvalue weighted by Crippen LogP contribution is 2.21. The topological polar surface area (TPSA) is 47.6 Å². The molecule has 0 spiro atoms. The second-order valence-corrected chi connectivity index (χ2v) is 6.16. The predicted octanol–water partition coefficient (Wildman–Crippen LogP) is 2.22. The van der Waals surface area contributed by atoms with Gasteiger partial charge in [-0.3, -0.25) is 4.79 Å². The maximum absolute atomic E-state index is 12.1. The third-order valence-corrected chi connectivity index (χ3v) is 4.60. The van der Waals surface area contributed by atoms with Crippen molar-refractivity contribution >= 4 is 17.7 Å². The van der Waals surface area contributed by atoms with E-state index in [1.165, 1.54) is 0 Å². The zero-order valence-electron chi connectivity index (χ0n) is 12.4. The third-order valence-electron chi connectivity index (χ3n) is 3.21. The van der Waals surface area contributed by atoms with E-state index in [1.807, 2.05) is 13.8 Å². The largest absolute Gasteiger partial charge is 0.465 e. The van der Waals surface area contributed by atoms with Crippen molar-refractivity contribution in [1.29, 1.82) is 0 Å². The molecule has 5 heteroatoms. The van der Waals surface area contributed by atoms with E-state index in [0.29, 0.717) is 12.7 Å². The molecule has 0 aromatic heterocycles. The Labute approximate surface area is 121 Å². The lowest BCUT2D eigenvalue weighted by Gasteiger charge is -2.28. The molecule has 0 aromatic rings. The molecule has 0 bridgehead atoms. The zero-order chi connectivity index (χ0) is 14.1. The van der Waals surface area contributed by atoms with Gasteiger partial charge < -0.3 is 14.8 Å². The fourth-order valence-electron chi connectivity index (χ4n) is 2.04. The van der Waals surface area contributed by atoms with E-state index in [1.54, 1.807) is 11.8 Å². The number of rotatable bonds is 9. The summed E-state index contributed by atoms with van der Waals surface area (Å²) in [5.74, 6) is 1.54. The molecule has 1 saturated heterocycles. The van der Waals surface area contributed by atoms with Gasteiger partial charge in [-0.25, -0.2) is 0 Å². The minimum absolute atomic E-state index is 0.150. The van der Waals surface area contributed by atoms with Crippen molar-refractivity contribution in [1.82, 2.24) is 5.32 Å². The number of carbonyl (C=O) groups is 1. The Morgan fingerprint density at radius 3 is 2.89 bits per heavy atom. The molecule has 0 aliphatic carbocycles. The summed E-state index contributed by atoms with van der Waals surface area (Å²) in [5.41, 5.74) is -0.588. The Morgan fingerprint density at radius 2 is 2.32 bits per heavy atom. The van der Waals surface area contributed by atoms with Crippen LogP contribution in [0.5, 0.6) is 0 Å². The van der Waals surface area contributed by atoms with E-state index in [4.69, 9.17) is 9.47 Å². The van der Waals surface area contributed by atoms with E-state index in [9.17, 15) is 4.79 Å². The molecule has 1 fully saturated rings. The average Bonchev–Trinajstić information content (AvgIpc) is 2.90. The molecule has 1 aliphatic heterocycles. The standard InChI is InChI=1S/C14H27NO3S/c1-4-8-15-14(3,13(16)17-5-2)11-19-10-12-7-6-9-18-12/h12,15H,4-11H2,1-3H3. The fraction of sp³-hybridized carbons (Fsp3) is 0.929. The summed E-state index contributed by atoms with van der Waals surface area (Å²) in [6, 6.07) is 0. The highest BCUT2D eigenvalue weighted by Gasteiger charge is 2.34. The van der Waals surface area contributed by atoms with Crippen LogP contribution in [0.15, 0.2) is 0 Å². The van der Waals surface area contributed by atoms with Gasteiger partial charge in [0.1, 0.15) is 5.54 Å². The summed E-state index contributed by atoms with van der Waals surface area (Å²) in [4.78, 5) is 12.1. The Balaban J connectivity index is 2.40. The number of hydrogen-bond acceptors (Lipinski definition) is 5. The molecule has 1 heterocycles. The molecule has 0 saturated carbocycles. The molecule has 1 aliphatic rings. The normalized spacial score (nSPS) is 22.2. The van der Waals surface area contributed by atoms with Crippen LogP contribution < -0.4 is 5.32 Å². The summed E-state index contributed by atoms with van der Waals surface area (Å²) in [5, 5.41) is 3.32. The number of carbonyl (C=O) groups excluding carboxylic acids is 1. The van der Waals surface area contributed by atoms with Crippen LogP contribution in [0.3, 0.4) is 0 Å². The molecule has 1 N–H and O–H groups in total. The van der Waals surface area contributed by atoms with Crippen molar-refractivity contribution in [2.45, 2.75) is 51.7 Å².